The summed E-state index contributed by atoms with van der Waals surface area (Å²) in [4.78, 5) is 30.2. The van der Waals surface area contributed by atoms with Gasteiger partial charge in [-0.1, -0.05) is 84.8 Å². The molecule has 0 unspecified atom stereocenters. The van der Waals surface area contributed by atoms with E-state index in [2.05, 4.69) is 5.32 Å². The number of nitrogens with zero attached hydrogens (tertiary/aromatic N) is 2. The molecule has 4 aromatic carbocycles. The molecule has 1 N–H and O–H groups in total. The average Bonchev–Trinajstić information content (AvgIpc) is 3.08. The van der Waals surface area contributed by atoms with Crippen molar-refractivity contribution in [2.45, 2.75) is 64.1 Å². The predicted octanol–water partition coefficient (Wildman–Crippen LogP) is 6.07. The molecule has 0 saturated carbocycles. The summed E-state index contributed by atoms with van der Waals surface area (Å²) in [5, 5.41) is 3.06. The predicted molar refractivity (Wildman–Crippen MR) is 189 cm³/mol. The van der Waals surface area contributed by atoms with Crippen molar-refractivity contribution >= 4 is 27.5 Å². The molecule has 254 valence electrons. The molecule has 2 amide bonds. The molecule has 0 radical (unpaired) electrons. The fraction of sp³-hybridized carbons (Fsp3) is 0.316. The monoisotopic (exact) mass is 671 g/mol. The molecule has 10 heteroatoms. The van der Waals surface area contributed by atoms with E-state index >= 15 is 0 Å². The van der Waals surface area contributed by atoms with E-state index in [9.17, 15) is 18.0 Å². The molecular weight excluding hydrogens is 627 g/mol. The first-order chi connectivity index (χ1) is 23.0. The molecule has 9 nitrogen and oxygen atoms in total. The summed E-state index contributed by atoms with van der Waals surface area (Å²) in [6, 6.07) is 27.3. The van der Waals surface area contributed by atoms with Crippen molar-refractivity contribution < 1.29 is 27.5 Å². The van der Waals surface area contributed by atoms with Crippen molar-refractivity contribution in [3.63, 3.8) is 0 Å². The minimum absolute atomic E-state index is 0.0243. The lowest BCUT2D eigenvalue weighted by Crippen LogP contribution is -2.54. The largest absolute Gasteiger partial charge is 0.493 e. The van der Waals surface area contributed by atoms with E-state index in [1.807, 2.05) is 82.3 Å². The number of hydrogen-bond donors (Lipinski definition) is 1. The Morgan fingerprint density at radius 2 is 1.46 bits per heavy atom. The van der Waals surface area contributed by atoms with E-state index in [4.69, 9.17) is 9.47 Å². The Morgan fingerprint density at radius 3 is 2.08 bits per heavy atom. The summed E-state index contributed by atoms with van der Waals surface area (Å²) in [5.74, 6) is -0.139. The first kappa shape index (κ1) is 36.0. The number of aryl methyl sites for hydroxylation is 2. The third-order valence-electron chi connectivity index (χ3n) is 8.25. The summed E-state index contributed by atoms with van der Waals surface area (Å²) >= 11 is 0. The van der Waals surface area contributed by atoms with Crippen molar-refractivity contribution in [2.24, 2.45) is 0 Å². The van der Waals surface area contributed by atoms with Crippen LogP contribution in [0.5, 0.6) is 11.5 Å². The molecule has 0 fully saturated rings. The van der Waals surface area contributed by atoms with Crippen LogP contribution in [0.2, 0.25) is 0 Å². The van der Waals surface area contributed by atoms with E-state index in [-0.39, 0.29) is 35.5 Å². The highest BCUT2D eigenvalue weighted by molar-refractivity contribution is 7.92. The fourth-order valence-corrected chi connectivity index (χ4v) is 6.75. The molecule has 0 aliphatic carbocycles. The maximum atomic E-state index is 14.7. The first-order valence-electron chi connectivity index (χ1n) is 16.0. The van der Waals surface area contributed by atoms with Gasteiger partial charge in [0.2, 0.25) is 11.8 Å². The van der Waals surface area contributed by atoms with Gasteiger partial charge in [0.1, 0.15) is 12.6 Å². The molecule has 4 rings (SSSR count). The van der Waals surface area contributed by atoms with Crippen LogP contribution in [-0.4, -0.2) is 58.0 Å². The van der Waals surface area contributed by atoms with Crippen molar-refractivity contribution in [3.05, 3.63) is 119 Å². The summed E-state index contributed by atoms with van der Waals surface area (Å²) in [5.41, 5.74) is 3.78. The van der Waals surface area contributed by atoms with Gasteiger partial charge in [0, 0.05) is 25.1 Å². The van der Waals surface area contributed by atoms with Crippen LogP contribution in [0, 0.1) is 13.8 Å². The van der Waals surface area contributed by atoms with Gasteiger partial charge in [-0.3, -0.25) is 13.9 Å². The molecule has 0 aliphatic heterocycles. The lowest BCUT2D eigenvalue weighted by molar-refractivity contribution is -0.140. The molecule has 2 atom stereocenters. The Balaban J connectivity index is 1.85. The number of nitrogens with one attached hydrogen (secondary N) is 1. The minimum Gasteiger partial charge on any atom is -0.493 e. The van der Waals surface area contributed by atoms with Gasteiger partial charge in [-0.2, -0.15) is 0 Å². The van der Waals surface area contributed by atoms with Gasteiger partial charge in [-0.25, -0.2) is 8.42 Å². The van der Waals surface area contributed by atoms with Crippen LogP contribution >= 0.6 is 0 Å². The Bertz CT molecular complexity index is 1800. The Morgan fingerprint density at radius 1 is 0.792 bits per heavy atom. The highest BCUT2D eigenvalue weighted by atomic mass is 32.2. The van der Waals surface area contributed by atoms with Gasteiger partial charge in [-0.15, -0.1) is 0 Å². The summed E-state index contributed by atoms with van der Waals surface area (Å²) in [6.45, 7) is 7.24. The molecule has 0 heterocycles. The molecule has 0 spiro atoms. The Kier molecular flexibility index (Phi) is 12.2. The smallest absolute Gasteiger partial charge is 0.264 e. The lowest BCUT2D eigenvalue weighted by Gasteiger charge is -2.34. The fourth-order valence-electron chi connectivity index (χ4n) is 5.35. The normalized spacial score (nSPS) is 12.5. The third kappa shape index (κ3) is 8.95. The van der Waals surface area contributed by atoms with Gasteiger partial charge in [0.25, 0.3) is 10.0 Å². The van der Waals surface area contributed by atoms with Crippen LogP contribution in [0.3, 0.4) is 0 Å². The number of ether oxygens (including phenoxy) is 2. The summed E-state index contributed by atoms with van der Waals surface area (Å²) in [6.07, 6.45) is 0.944. The zero-order chi connectivity index (χ0) is 34.8. The number of amides is 2. The van der Waals surface area contributed by atoms with E-state index in [1.165, 1.54) is 37.3 Å². The molecule has 0 aliphatic rings. The van der Waals surface area contributed by atoms with Gasteiger partial charge in [0.05, 0.1) is 24.8 Å². The maximum absolute atomic E-state index is 14.7. The second-order valence-electron chi connectivity index (χ2n) is 11.9. The van der Waals surface area contributed by atoms with Crippen molar-refractivity contribution in [1.29, 1.82) is 0 Å². The molecule has 0 bridgehead atoms. The quantitative estimate of drug-likeness (QED) is 0.165. The number of benzene rings is 4. The van der Waals surface area contributed by atoms with Crippen LogP contribution in [0.1, 0.15) is 42.5 Å². The van der Waals surface area contributed by atoms with Crippen molar-refractivity contribution in [3.8, 4) is 11.5 Å². The molecule has 48 heavy (non-hydrogen) atoms. The average molecular weight is 672 g/mol. The molecule has 0 saturated heterocycles. The van der Waals surface area contributed by atoms with Crippen LogP contribution in [0.25, 0.3) is 0 Å². The number of sulfonamides is 1. The minimum atomic E-state index is -4.26. The second kappa shape index (κ2) is 16.3. The lowest BCUT2D eigenvalue weighted by atomic mass is 10.0. The number of rotatable bonds is 15. The number of methoxy groups -OCH3 is 2. The van der Waals surface area contributed by atoms with Crippen molar-refractivity contribution in [1.82, 2.24) is 10.2 Å². The second-order valence-corrected chi connectivity index (χ2v) is 13.8. The number of carbonyl (C=O) groups excluding carboxylic acids is 2. The third-order valence-corrected chi connectivity index (χ3v) is 10.0. The van der Waals surface area contributed by atoms with Crippen molar-refractivity contribution in [2.75, 3.05) is 25.1 Å². The highest BCUT2D eigenvalue weighted by Crippen LogP contribution is 2.34. The van der Waals surface area contributed by atoms with Crippen LogP contribution in [0.4, 0.5) is 5.69 Å². The van der Waals surface area contributed by atoms with Gasteiger partial charge in [0.15, 0.2) is 11.5 Å². The number of hydrogen-bond acceptors (Lipinski definition) is 6. The molecule has 0 aromatic heterocycles. The summed E-state index contributed by atoms with van der Waals surface area (Å²) < 4.78 is 40.6. The van der Waals surface area contributed by atoms with Gasteiger partial charge in [-0.05, 0) is 62.6 Å². The topological polar surface area (TPSA) is 105 Å². The number of anilines is 1. The highest BCUT2D eigenvalue weighted by Gasteiger charge is 2.35. The molecular formula is C38H45N3O6S. The first-order valence-corrected chi connectivity index (χ1v) is 17.4. The van der Waals surface area contributed by atoms with Gasteiger partial charge < -0.3 is 19.7 Å². The van der Waals surface area contributed by atoms with Crippen LogP contribution in [-0.2, 0) is 32.6 Å². The zero-order valence-electron chi connectivity index (χ0n) is 28.5. The summed E-state index contributed by atoms with van der Waals surface area (Å²) in [7, 11) is -1.32. The zero-order valence-corrected chi connectivity index (χ0v) is 29.3. The van der Waals surface area contributed by atoms with E-state index < -0.39 is 28.5 Å². The Labute approximate surface area is 284 Å². The van der Waals surface area contributed by atoms with E-state index in [0.29, 0.717) is 17.9 Å². The molecule has 4 aromatic rings. The number of carbonyl (C=O) groups is 2. The standard InChI is InChI=1S/C38H45N3O6S/c1-7-29(4)39-38(43)34(23-30-13-9-8-10-14-30)40(25-31-15-11-12-28(3)22-31)37(42)26-41(32-18-21-35(46-5)36(24-32)47-6)48(44,45)33-19-16-27(2)17-20-33/h8-22,24,29,34H,7,23,25-26H2,1-6H3,(H,39,43)/t29-,34-/m0/s1. The van der Waals surface area contributed by atoms with Crippen LogP contribution in [0.15, 0.2) is 102 Å². The van der Waals surface area contributed by atoms with E-state index in [1.54, 1.807) is 24.3 Å². The van der Waals surface area contributed by atoms with E-state index in [0.717, 1.165) is 26.6 Å². The Hall–Kier alpha value is -4.83. The van der Waals surface area contributed by atoms with Crippen LogP contribution < -0.4 is 19.1 Å². The maximum Gasteiger partial charge on any atom is 0.264 e. The SMILES string of the molecule is CC[C@H](C)NC(=O)[C@H](Cc1ccccc1)N(Cc1cccc(C)c1)C(=O)CN(c1ccc(OC)c(OC)c1)S(=O)(=O)c1ccc(C)cc1. The van der Waals surface area contributed by atoms with Gasteiger partial charge >= 0.3 is 0 Å².